The molecule has 0 saturated carbocycles. The third kappa shape index (κ3) is 4.33. The van der Waals surface area contributed by atoms with E-state index >= 15 is 0 Å². The molecule has 0 aromatic heterocycles. The van der Waals surface area contributed by atoms with Gasteiger partial charge in [0.15, 0.2) is 0 Å². The van der Waals surface area contributed by atoms with Gasteiger partial charge in [0.2, 0.25) is 5.91 Å². The molecule has 0 N–H and O–H groups in total. The van der Waals surface area contributed by atoms with E-state index in [0.29, 0.717) is 6.42 Å². The molecule has 1 heterocycles. The van der Waals surface area contributed by atoms with Gasteiger partial charge in [-0.2, -0.15) is 0 Å². The van der Waals surface area contributed by atoms with Gasteiger partial charge in [-0.15, -0.1) is 0 Å². The molecule has 0 radical (unpaired) electrons. The average Bonchev–Trinajstić information content (AvgIpc) is 2.79. The Hall–Kier alpha value is -3.73. The highest BCUT2D eigenvalue weighted by Gasteiger charge is 2.37. The van der Waals surface area contributed by atoms with Crippen molar-refractivity contribution in [3.8, 4) is 0 Å². The van der Waals surface area contributed by atoms with Crippen molar-refractivity contribution in [1.82, 2.24) is 0 Å². The third-order valence-electron chi connectivity index (χ3n) is 5.77. The Kier molecular flexibility index (Phi) is 6.17. The summed E-state index contributed by atoms with van der Waals surface area (Å²) in [5, 5.41) is 0. The number of anilines is 2. The van der Waals surface area contributed by atoms with Crippen molar-refractivity contribution >= 4 is 29.3 Å². The normalized spacial score (nSPS) is 17.8. The minimum Gasteiger partial charge on any atom is -0.306 e. The van der Waals surface area contributed by atoms with Gasteiger partial charge in [0.05, 0.1) is 6.04 Å². The monoisotopic (exact) mass is 428 g/mol. The van der Waals surface area contributed by atoms with Crippen molar-refractivity contribution in [2.24, 2.45) is 0 Å². The summed E-state index contributed by atoms with van der Waals surface area (Å²) in [6, 6.07) is 23.1. The van der Waals surface area contributed by atoms with Crippen LogP contribution in [0.4, 0.5) is 15.8 Å². The van der Waals surface area contributed by atoms with Crippen LogP contribution in [0.1, 0.15) is 37.4 Å². The van der Waals surface area contributed by atoms with E-state index in [1.54, 1.807) is 30.0 Å². The van der Waals surface area contributed by atoms with Gasteiger partial charge in [0.25, 0.3) is 5.91 Å². The highest BCUT2D eigenvalue weighted by molar-refractivity contribution is 6.05. The summed E-state index contributed by atoms with van der Waals surface area (Å²) >= 11 is 0. The molecule has 1 aliphatic rings. The van der Waals surface area contributed by atoms with Crippen LogP contribution >= 0.6 is 0 Å². The molecule has 0 bridgehead atoms. The minimum absolute atomic E-state index is 0.0424. The number of hydrogen-bond donors (Lipinski definition) is 0. The van der Waals surface area contributed by atoms with Gasteiger partial charge in [0, 0.05) is 30.4 Å². The van der Waals surface area contributed by atoms with Crippen LogP contribution in [0.25, 0.3) is 6.08 Å². The summed E-state index contributed by atoms with van der Waals surface area (Å²) in [4.78, 5) is 29.4. The van der Waals surface area contributed by atoms with Crippen LogP contribution in [0.5, 0.6) is 0 Å². The maximum absolute atomic E-state index is 13.2. The number of carbonyl (C=O) groups excluding carboxylic acids is 2. The maximum atomic E-state index is 13.2. The van der Waals surface area contributed by atoms with Crippen LogP contribution < -0.4 is 9.80 Å². The van der Waals surface area contributed by atoms with E-state index in [0.717, 1.165) is 22.5 Å². The van der Waals surface area contributed by atoms with Crippen LogP contribution in [0.15, 0.2) is 84.9 Å². The van der Waals surface area contributed by atoms with Crippen LogP contribution in [-0.2, 0) is 9.59 Å². The predicted molar refractivity (Wildman–Crippen MR) is 126 cm³/mol. The molecule has 0 saturated heterocycles. The Morgan fingerprint density at radius 2 is 1.62 bits per heavy atom. The molecule has 0 spiro atoms. The van der Waals surface area contributed by atoms with Crippen LogP contribution in [0.2, 0.25) is 0 Å². The Labute approximate surface area is 187 Å². The topological polar surface area (TPSA) is 40.6 Å². The number of amides is 2. The molecule has 3 aromatic carbocycles. The second-order valence-electron chi connectivity index (χ2n) is 7.98. The lowest BCUT2D eigenvalue weighted by atomic mass is 9.89. The molecule has 0 aliphatic carbocycles. The zero-order valence-corrected chi connectivity index (χ0v) is 18.1. The van der Waals surface area contributed by atoms with E-state index in [-0.39, 0.29) is 29.7 Å². The zero-order chi connectivity index (χ0) is 22.7. The van der Waals surface area contributed by atoms with E-state index in [2.05, 4.69) is 0 Å². The van der Waals surface area contributed by atoms with Crippen LogP contribution in [-0.4, -0.2) is 17.9 Å². The van der Waals surface area contributed by atoms with E-state index in [4.69, 9.17) is 0 Å². The maximum Gasteiger partial charge on any atom is 0.251 e. The number of carbonyl (C=O) groups is 2. The Morgan fingerprint density at radius 1 is 0.969 bits per heavy atom. The molecule has 4 nitrogen and oxygen atoms in total. The van der Waals surface area contributed by atoms with Crippen molar-refractivity contribution in [2.75, 3.05) is 9.80 Å². The first-order chi connectivity index (χ1) is 15.5. The van der Waals surface area contributed by atoms with Gasteiger partial charge in [-0.3, -0.25) is 9.59 Å². The zero-order valence-electron chi connectivity index (χ0n) is 18.1. The fourth-order valence-electron chi connectivity index (χ4n) is 4.35. The second-order valence-corrected chi connectivity index (χ2v) is 7.98. The summed E-state index contributed by atoms with van der Waals surface area (Å²) < 4.78 is 13.1. The van der Waals surface area contributed by atoms with Crippen molar-refractivity contribution in [3.05, 3.63) is 102 Å². The molecule has 1 aliphatic heterocycles. The van der Waals surface area contributed by atoms with Gasteiger partial charge < -0.3 is 9.80 Å². The first kappa shape index (κ1) is 21.5. The Bertz CT molecular complexity index is 1140. The largest absolute Gasteiger partial charge is 0.306 e. The third-order valence-corrected chi connectivity index (χ3v) is 5.77. The van der Waals surface area contributed by atoms with E-state index in [1.165, 1.54) is 18.2 Å². The van der Waals surface area contributed by atoms with Crippen LogP contribution in [0, 0.1) is 5.82 Å². The van der Waals surface area contributed by atoms with Gasteiger partial charge in [-0.05, 0) is 60.9 Å². The highest BCUT2D eigenvalue weighted by atomic mass is 19.1. The van der Waals surface area contributed by atoms with Gasteiger partial charge in [-0.1, -0.05) is 48.5 Å². The Balaban J connectivity index is 1.68. The molecule has 2 amide bonds. The lowest BCUT2D eigenvalue weighted by Gasteiger charge is -2.43. The van der Waals surface area contributed by atoms with Crippen molar-refractivity contribution < 1.29 is 14.0 Å². The average molecular weight is 429 g/mol. The van der Waals surface area contributed by atoms with Crippen molar-refractivity contribution in [1.29, 1.82) is 0 Å². The standard InChI is InChI=1S/C27H25FN2O2/c1-19-18-26(30(20(2)31)23-8-4-3-5-9-23)24-10-6-7-11-25(24)29(19)27(32)17-14-21-12-15-22(28)16-13-21/h3-17,19,26H,18H2,1-2H3. The number of rotatable bonds is 4. The number of halogens is 1. The Morgan fingerprint density at radius 3 is 2.31 bits per heavy atom. The summed E-state index contributed by atoms with van der Waals surface area (Å²) in [6.45, 7) is 3.57. The van der Waals surface area contributed by atoms with Gasteiger partial charge in [-0.25, -0.2) is 4.39 Å². The second kappa shape index (κ2) is 9.18. The molecule has 32 heavy (non-hydrogen) atoms. The van der Waals surface area contributed by atoms with E-state index in [1.807, 2.05) is 66.4 Å². The predicted octanol–water partition coefficient (Wildman–Crippen LogP) is 5.76. The molecular weight excluding hydrogens is 403 g/mol. The molecule has 5 heteroatoms. The molecule has 0 fully saturated rings. The summed E-state index contributed by atoms with van der Waals surface area (Å²) in [5.74, 6) is -0.507. The van der Waals surface area contributed by atoms with Gasteiger partial charge >= 0.3 is 0 Å². The molecule has 2 atom stereocenters. The molecule has 2 unspecified atom stereocenters. The van der Waals surface area contributed by atoms with Gasteiger partial charge in [0.1, 0.15) is 5.82 Å². The van der Waals surface area contributed by atoms with Crippen molar-refractivity contribution in [2.45, 2.75) is 32.4 Å². The quantitative estimate of drug-likeness (QED) is 0.496. The smallest absolute Gasteiger partial charge is 0.251 e. The molecule has 4 rings (SSSR count). The minimum atomic E-state index is -0.313. The van der Waals surface area contributed by atoms with Crippen molar-refractivity contribution in [3.63, 3.8) is 0 Å². The summed E-state index contributed by atoms with van der Waals surface area (Å²) in [6.07, 6.45) is 3.82. The first-order valence-corrected chi connectivity index (χ1v) is 10.7. The fourth-order valence-corrected chi connectivity index (χ4v) is 4.35. The van der Waals surface area contributed by atoms with E-state index < -0.39 is 0 Å². The SMILES string of the molecule is CC(=O)N(c1ccccc1)C1CC(C)N(C(=O)C=Cc2ccc(F)cc2)c2ccccc21. The molecular formula is C27H25FN2O2. The number of nitrogens with zero attached hydrogens (tertiary/aromatic N) is 2. The lowest BCUT2D eigenvalue weighted by molar-refractivity contribution is -0.117. The number of fused-ring (bicyclic) bond motifs is 1. The number of hydrogen-bond acceptors (Lipinski definition) is 2. The summed E-state index contributed by atoms with van der Waals surface area (Å²) in [7, 11) is 0. The number of benzene rings is 3. The molecule has 162 valence electrons. The van der Waals surface area contributed by atoms with E-state index in [9.17, 15) is 14.0 Å². The van der Waals surface area contributed by atoms with Crippen LogP contribution in [0.3, 0.4) is 0 Å². The first-order valence-electron chi connectivity index (χ1n) is 10.7. The number of para-hydroxylation sites is 2. The molecule has 3 aromatic rings. The fraction of sp³-hybridized carbons (Fsp3) is 0.185. The summed E-state index contributed by atoms with van der Waals surface area (Å²) in [5.41, 5.74) is 3.32. The lowest BCUT2D eigenvalue weighted by Crippen LogP contribution is -2.47. The highest BCUT2D eigenvalue weighted by Crippen LogP contribution is 2.42.